The molecule has 0 N–H and O–H groups in total. The molecule has 1 saturated heterocycles. The summed E-state index contributed by atoms with van der Waals surface area (Å²) in [6.07, 6.45) is 1.40. The Balaban J connectivity index is 1.98. The van der Waals surface area contributed by atoms with Gasteiger partial charge in [-0.3, -0.25) is 4.79 Å². The van der Waals surface area contributed by atoms with Crippen LogP contribution in [0.25, 0.3) is 0 Å². The minimum atomic E-state index is -0.720. The van der Waals surface area contributed by atoms with Crippen LogP contribution in [-0.4, -0.2) is 29.6 Å². The molecule has 56 valence electrons. The predicted octanol–water partition coefficient (Wildman–Crippen LogP) is 0.719. The molecule has 2 fully saturated rings. The van der Waals surface area contributed by atoms with E-state index in [9.17, 15) is 9.18 Å². The van der Waals surface area contributed by atoms with Gasteiger partial charge in [0, 0.05) is 19.4 Å². The Hall–Kier alpha value is -0.600. The largest absolute Gasteiger partial charge is 0.337 e. The van der Waals surface area contributed by atoms with Gasteiger partial charge in [-0.1, -0.05) is 0 Å². The van der Waals surface area contributed by atoms with Gasteiger partial charge in [-0.15, -0.1) is 0 Å². The first-order valence-electron chi connectivity index (χ1n) is 3.72. The average Bonchev–Trinajstić information content (AvgIpc) is 2.42. The van der Waals surface area contributed by atoms with Gasteiger partial charge in [0.15, 0.2) is 0 Å². The Morgan fingerprint density at radius 1 is 1.60 bits per heavy atom. The summed E-state index contributed by atoms with van der Waals surface area (Å²) in [6.45, 7) is 0.782. The minimum absolute atomic E-state index is 0.0463. The number of nitrogens with zero attached hydrogens (tertiary/aromatic N) is 1. The lowest BCUT2D eigenvalue weighted by molar-refractivity contribution is -0.128. The molecule has 2 rings (SSSR count). The Labute approximate surface area is 59.0 Å². The van der Waals surface area contributed by atoms with E-state index in [1.165, 1.54) is 0 Å². The van der Waals surface area contributed by atoms with E-state index in [2.05, 4.69) is 0 Å². The van der Waals surface area contributed by atoms with E-state index in [1.807, 2.05) is 0 Å². The van der Waals surface area contributed by atoms with Crippen LogP contribution in [0.3, 0.4) is 0 Å². The van der Waals surface area contributed by atoms with Crippen LogP contribution in [0.4, 0.5) is 4.39 Å². The molecule has 0 aromatic carbocycles. The maximum atomic E-state index is 12.4. The Morgan fingerprint density at radius 2 is 2.30 bits per heavy atom. The molecule has 0 radical (unpaired) electrons. The van der Waals surface area contributed by atoms with Crippen LogP contribution in [0.5, 0.6) is 0 Å². The molecular weight excluding hydrogens is 133 g/mol. The third kappa shape index (κ3) is 0.805. The molecule has 0 spiro atoms. The SMILES string of the molecule is O=C1CCCN1[C@@H]1C[C@@H]1F. The highest BCUT2D eigenvalue weighted by Crippen LogP contribution is 2.33. The summed E-state index contributed by atoms with van der Waals surface area (Å²) in [5.74, 6) is 0.144. The Morgan fingerprint density at radius 3 is 2.70 bits per heavy atom. The van der Waals surface area contributed by atoms with Gasteiger partial charge in [0.25, 0.3) is 0 Å². The van der Waals surface area contributed by atoms with Crippen LogP contribution in [0, 0.1) is 0 Å². The molecule has 2 aliphatic rings. The van der Waals surface area contributed by atoms with Gasteiger partial charge in [-0.25, -0.2) is 4.39 Å². The fourth-order valence-corrected chi connectivity index (χ4v) is 1.49. The van der Waals surface area contributed by atoms with Crippen LogP contribution in [0.15, 0.2) is 0 Å². The van der Waals surface area contributed by atoms with E-state index in [-0.39, 0.29) is 11.9 Å². The second-order valence-corrected chi connectivity index (χ2v) is 3.01. The molecule has 1 saturated carbocycles. The predicted molar refractivity (Wildman–Crippen MR) is 34.2 cm³/mol. The van der Waals surface area contributed by atoms with Crippen LogP contribution >= 0.6 is 0 Å². The summed E-state index contributed by atoms with van der Waals surface area (Å²) in [6, 6.07) is -0.0463. The molecule has 1 aliphatic heterocycles. The first-order chi connectivity index (χ1) is 4.79. The molecule has 0 aromatic rings. The number of hydrogen-bond acceptors (Lipinski definition) is 1. The second kappa shape index (κ2) is 1.94. The van der Waals surface area contributed by atoms with E-state index in [0.717, 1.165) is 13.0 Å². The van der Waals surface area contributed by atoms with Crippen molar-refractivity contribution in [2.24, 2.45) is 0 Å². The normalized spacial score (nSPS) is 38.9. The Bertz CT molecular complexity index is 171. The molecule has 1 aliphatic carbocycles. The number of carbonyl (C=O) groups excluding carboxylic acids is 1. The van der Waals surface area contributed by atoms with Crippen LogP contribution in [-0.2, 0) is 4.79 Å². The molecule has 0 unspecified atom stereocenters. The zero-order valence-electron chi connectivity index (χ0n) is 5.72. The van der Waals surface area contributed by atoms with Crippen molar-refractivity contribution in [3.8, 4) is 0 Å². The number of amides is 1. The van der Waals surface area contributed by atoms with E-state index in [4.69, 9.17) is 0 Å². The van der Waals surface area contributed by atoms with Crippen molar-refractivity contribution in [3.05, 3.63) is 0 Å². The summed E-state index contributed by atoms with van der Waals surface area (Å²) in [7, 11) is 0. The lowest BCUT2D eigenvalue weighted by atomic mass is 10.4. The number of likely N-dealkylation sites (tertiary alicyclic amines) is 1. The average molecular weight is 143 g/mol. The first kappa shape index (κ1) is 6.13. The Kier molecular flexibility index (Phi) is 1.19. The lowest BCUT2D eigenvalue weighted by Gasteiger charge is -2.12. The summed E-state index contributed by atoms with van der Waals surface area (Å²) in [5, 5.41) is 0. The molecule has 10 heavy (non-hydrogen) atoms. The van der Waals surface area contributed by atoms with Gasteiger partial charge in [-0.2, -0.15) is 0 Å². The number of halogens is 1. The third-order valence-electron chi connectivity index (χ3n) is 2.19. The van der Waals surface area contributed by atoms with E-state index in [0.29, 0.717) is 12.8 Å². The summed E-state index contributed by atoms with van der Waals surface area (Å²) < 4.78 is 12.4. The number of carbonyl (C=O) groups is 1. The zero-order chi connectivity index (χ0) is 7.14. The zero-order valence-corrected chi connectivity index (χ0v) is 5.72. The molecule has 2 nitrogen and oxygen atoms in total. The topological polar surface area (TPSA) is 20.3 Å². The van der Waals surface area contributed by atoms with Crippen molar-refractivity contribution >= 4 is 5.91 Å². The standard InChI is InChI=1S/C7H10FNO/c8-5-4-6(5)9-3-1-2-7(9)10/h5-6H,1-4H2/t5-,6+/m0/s1. The summed E-state index contributed by atoms with van der Waals surface area (Å²) in [5.41, 5.74) is 0. The van der Waals surface area contributed by atoms with E-state index >= 15 is 0 Å². The van der Waals surface area contributed by atoms with Crippen LogP contribution < -0.4 is 0 Å². The van der Waals surface area contributed by atoms with Crippen molar-refractivity contribution in [1.29, 1.82) is 0 Å². The smallest absolute Gasteiger partial charge is 0.222 e. The maximum Gasteiger partial charge on any atom is 0.222 e. The van der Waals surface area contributed by atoms with Crippen molar-refractivity contribution in [3.63, 3.8) is 0 Å². The summed E-state index contributed by atoms with van der Waals surface area (Å²) in [4.78, 5) is 12.6. The monoisotopic (exact) mass is 143 g/mol. The van der Waals surface area contributed by atoms with Gasteiger partial charge < -0.3 is 4.90 Å². The molecule has 3 heteroatoms. The molecule has 1 amide bonds. The fraction of sp³-hybridized carbons (Fsp3) is 0.857. The molecule has 0 aromatic heterocycles. The number of alkyl halides is 1. The summed E-state index contributed by atoms with van der Waals surface area (Å²) >= 11 is 0. The second-order valence-electron chi connectivity index (χ2n) is 3.01. The third-order valence-corrected chi connectivity index (χ3v) is 2.19. The highest BCUT2D eigenvalue weighted by Gasteiger charge is 2.45. The van der Waals surface area contributed by atoms with Crippen LogP contribution in [0.2, 0.25) is 0 Å². The number of hydrogen-bond donors (Lipinski definition) is 0. The van der Waals surface area contributed by atoms with Gasteiger partial charge in [-0.05, 0) is 6.42 Å². The highest BCUT2D eigenvalue weighted by molar-refractivity contribution is 5.78. The van der Waals surface area contributed by atoms with Gasteiger partial charge >= 0.3 is 0 Å². The number of rotatable bonds is 1. The van der Waals surface area contributed by atoms with Crippen LogP contribution in [0.1, 0.15) is 19.3 Å². The molecule has 2 atom stereocenters. The maximum absolute atomic E-state index is 12.4. The van der Waals surface area contributed by atoms with Gasteiger partial charge in [0.05, 0.1) is 6.04 Å². The van der Waals surface area contributed by atoms with E-state index in [1.54, 1.807) is 4.90 Å². The van der Waals surface area contributed by atoms with Crippen molar-refractivity contribution in [2.75, 3.05) is 6.54 Å². The quantitative estimate of drug-likeness (QED) is 0.529. The first-order valence-corrected chi connectivity index (χ1v) is 3.72. The van der Waals surface area contributed by atoms with Gasteiger partial charge in [0.1, 0.15) is 6.17 Å². The highest BCUT2D eigenvalue weighted by atomic mass is 19.1. The molecule has 0 bridgehead atoms. The van der Waals surface area contributed by atoms with Crippen molar-refractivity contribution in [1.82, 2.24) is 4.90 Å². The van der Waals surface area contributed by atoms with E-state index < -0.39 is 6.17 Å². The lowest BCUT2D eigenvalue weighted by Crippen LogP contribution is -2.28. The fourth-order valence-electron chi connectivity index (χ4n) is 1.49. The van der Waals surface area contributed by atoms with Crippen molar-refractivity contribution in [2.45, 2.75) is 31.5 Å². The van der Waals surface area contributed by atoms with Crippen molar-refractivity contribution < 1.29 is 9.18 Å². The molecule has 1 heterocycles. The molecular formula is C7H10FNO. The minimum Gasteiger partial charge on any atom is -0.337 e. The van der Waals surface area contributed by atoms with Gasteiger partial charge in [0.2, 0.25) is 5.91 Å².